The van der Waals surface area contributed by atoms with Crippen molar-refractivity contribution in [1.82, 2.24) is 9.80 Å². The van der Waals surface area contributed by atoms with Gasteiger partial charge in [0.05, 0.1) is 12.7 Å². The minimum Gasteiger partial charge on any atom is -0.496 e. The molecule has 1 aromatic carbocycles. The molecule has 2 amide bonds. The van der Waals surface area contributed by atoms with Crippen LogP contribution in [0.15, 0.2) is 18.2 Å². The second-order valence-corrected chi connectivity index (χ2v) is 4.50. The molecule has 0 saturated carbocycles. The molecule has 6 nitrogen and oxygen atoms in total. The Labute approximate surface area is 111 Å². The number of amides is 2. The summed E-state index contributed by atoms with van der Waals surface area (Å²) in [6.07, 6.45) is 0. The van der Waals surface area contributed by atoms with Gasteiger partial charge in [-0.2, -0.15) is 0 Å². The van der Waals surface area contributed by atoms with Crippen LogP contribution in [0, 0.1) is 0 Å². The van der Waals surface area contributed by atoms with Crippen molar-refractivity contribution in [3.05, 3.63) is 23.8 Å². The van der Waals surface area contributed by atoms with Gasteiger partial charge >= 0.3 is 0 Å². The number of nitrogens with zero attached hydrogens (tertiary/aromatic N) is 2. The first kappa shape index (κ1) is 13.2. The third kappa shape index (κ3) is 2.62. The molecule has 2 rings (SSSR count). The Morgan fingerprint density at radius 3 is 2.74 bits per heavy atom. The molecule has 6 heteroatoms. The normalized spacial score (nSPS) is 15.6. The summed E-state index contributed by atoms with van der Waals surface area (Å²) in [7, 11) is 3.22. The van der Waals surface area contributed by atoms with Crippen molar-refractivity contribution in [3.8, 4) is 5.75 Å². The summed E-state index contributed by atoms with van der Waals surface area (Å²) in [5.41, 5.74) is 6.58. The zero-order chi connectivity index (χ0) is 14.0. The number of methoxy groups -OCH3 is 1. The van der Waals surface area contributed by atoms with E-state index in [1.807, 2.05) is 0 Å². The number of nitrogen functional groups attached to an aromatic ring is 1. The molecule has 0 spiro atoms. The van der Waals surface area contributed by atoms with Gasteiger partial charge in [0, 0.05) is 25.8 Å². The fourth-order valence-electron chi connectivity index (χ4n) is 1.99. The van der Waals surface area contributed by atoms with Crippen LogP contribution in [0.2, 0.25) is 0 Å². The van der Waals surface area contributed by atoms with Gasteiger partial charge in [0.25, 0.3) is 5.91 Å². The van der Waals surface area contributed by atoms with Crippen molar-refractivity contribution in [2.24, 2.45) is 0 Å². The fourth-order valence-corrected chi connectivity index (χ4v) is 1.99. The minimum atomic E-state index is -0.231. The van der Waals surface area contributed by atoms with Crippen LogP contribution in [0.4, 0.5) is 5.69 Å². The summed E-state index contributed by atoms with van der Waals surface area (Å²) in [5.74, 6) is 0.165. The van der Waals surface area contributed by atoms with E-state index < -0.39 is 0 Å². The van der Waals surface area contributed by atoms with E-state index in [0.717, 1.165) is 0 Å². The van der Waals surface area contributed by atoms with Crippen LogP contribution in [-0.4, -0.2) is 55.4 Å². The van der Waals surface area contributed by atoms with Gasteiger partial charge in [0.15, 0.2) is 0 Å². The van der Waals surface area contributed by atoms with E-state index in [2.05, 4.69) is 0 Å². The Kier molecular flexibility index (Phi) is 3.59. The average Bonchev–Trinajstić information content (AvgIpc) is 2.41. The van der Waals surface area contributed by atoms with Crippen molar-refractivity contribution < 1.29 is 14.3 Å². The van der Waals surface area contributed by atoms with Crippen molar-refractivity contribution in [2.75, 3.05) is 39.5 Å². The summed E-state index contributed by atoms with van der Waals surface area (Å²) in [6, 6.07) is 4.90. The zero-order valence-electron chi connectivity index (χ0n) is 11.0. The molecule has 0 aromatic heterocycles. The van der Waals surface area contributed by atoms with Crippen LogP contribution >= 0.6 is 0 Å². The Morgan fingerprint density at radius 1 is 1.37 bits per heavy atom. The molecular formula is C13H17N3O3. The van der Waals surface area contributed by atoms with Crippen molar-refractivity contribution in [1.29, 1.82) is 0 Å². The smallest absolute Gasteiger partial charge is 0.258 e. The second-order valence-electron chi connectivity index (χ2n) is 4.50. The van der Waals surface area contributed by atoms with E-state index in [1.54, 1.807) is 30.1 Å². The Balaban J connectivity index is 2.24. The summed E-state index contributed by atoms with van der Waals surface area (Å²) in [4.78, 5) is 27.2. The molecule has 102 valence electrons. The molecular weight excluding hydrogens is 246 g/mol. The van der Waals surface area contributed by atoms with Crippen LogP contribution in [0.25, 0.3) is 0 Å². The molecule has 0 aliphatic carbocycles. The van der Waals surface area contributed by atoms with E-state index in [4.69, 9.17) is 10.5 Å². The van der Waals surface area contributed by atoms with E-state index in [0.29, 0.717) is 30.1 Å². The fraction of sp³-hybridized carbons (Fsp3) is 0.385. The molecule has 1 fully saturated rings. The molecule has 0 bridgehead atoms. The predicted octanol–water partition coefficient (Wildman–Crippen LogP) is 0.192. The van der Waals surface area contributed by atoms with E-state index in [9.17, 15) is 9.59 Å². The summed E-state index contributed by atoms with van der Waals surface area (Å²) in [5, 5.41) is 0. The third-order valence-corrected chi connectivity index (χ3v) is 3.20. The lowest BCUT2D eigenvalue weighted by Crippen LogP contribution is -2.50. The molecule has 0 radical (unpaired) electrons. The molecule has 1 saturated heterocycles. The number of nitrogens with two attached hydrogens (primary N) is 1. The van der Waals surface area contributed by atoms with Crippen molar-refractivity contribution >= 4 is 17.5 Å². The first-order valence-electron chi connectivity index (χ1n) is 5.99. The summed E-state index contributed by atoms with van der Waals surface area (Å²) < 4.78 is 5.16. The number of ether oxygens (including phenoxy) is 1. The predicted molar refractivity (Wildman–Crippen MR) is 70.9 cm³/mol. The summed E-state index contributed by atoms with van der Waals surface area (Å²) >= 11 is 0. The lowest BCUT2D eigenvalue weighted by atomic mass is 10.1. The number of hydrogen-bond donors (Lipinski definition) is 1. The van der Waals surface area contributed by atoms with Gasteiger partial charge < -0.3 is 20.3 Å². The minimum absolute atomic E-state index is 0.0672. The number of anilines is 1. The van der Waals surface area contributed by atoms with E-state index >= 15 is 0 Å². The van der Waals surface area contributed by atoms with E-state index in [-0.39, 0.29) is 18.4 Å². The topological polar surface area (TPSA) is 75.9 Å². The largest absolute Gasteiger partial charge is 0.496 e. The van der Waals surface area contributed by atoms with Gasteiger partial charge in [-0.25, -0.2) is 0 Å². The molecule has 0 atom stereocenters. The monoisotopic (exact) mass is 263 g/mol. The lowest BCUT2D eigenvalue weighted by Gasteiger charge is -2.32. The van der Waals surface area contributed by atoms with Crippen LogP contribution in [0.3, 0.4) is 0 Å². The van der Waals surface area contributed by atoms with Crippen LogP contribution in [-0.2, 0) is 4.79 Å². The third-order valence-electron chi connectivity index (χ3n) is 3.20. The van der Waals surface area contributed by atoms with E-state index in [1.165, 1.54) is 12.0 Å². The number of carbonyl (C=O) groups is 2. The highest BCUT2D eigenvalue weighted by molar-refractivity contribution is 6.00. The Morgan fingerprint density at radius 2 is 2.11 bits per heavy atom. The molecule has 1 heterocycles. The molecule has 19 heavy (non-hydrogen) atoms. The first-order valence-corrected chi connectivity index (χ1v) is 5.99. The second kappa shape index (κ2) is 5.17. The number of hydrogen-bond acceptors (Lipinski definition) is 4. The average molecular weight is 263 g/mol. The highest BCUT2D eigenvalue weighted by atomic mass is 16.5. The van der Waals surface area contributed by atoms with Gasteiger partial charge in [-0.3, -0.25) is 9.59 Å². The van der Waals surface area contributed by atoms with Crippen LogP contribution in [0.1, 0.15) is 10.4 Å². The van der Waals surface area contributed by atoms with Crippen molar-refractivity contribution in [2.45, 2.75) is 0 Å². The number of likely N-dealkylation sites (N-methyl/N-ethyl adjacent to an activating group) is 1. The van der Waals surface area contributed by atoms with Gasteiger partial charge in [-0.1, -0.05) is 0 Å². The highest BCUT2D eigenvalue weighted by Gasteiger charge is 2.27. The summed E-state index contributed by atoms with van der Waals surface area (Å²) in [6.45, 7) is 1.14. The quantitative estimate of drug-likeness (QED) is 0.773. The number of benzene rings is 1. The van der Waals surface area contributed by atoms with Gasteiger partial charge in [0.2, 0.25) is 5.91 Å². The van der Waals surface area contributed by atoms with Crippen molar-refractivity contribution in [3.63, 3.8) is 0 Å². The van der Waals surface area contributed by atoms with Crippen LogP contribution in [0.5, 0.6) is 5.75 Å². The highest BCUT2D eigenvalue weighted by Crippen LogP contribution is 2.23. The number of carbonyl (C=O) groups excluding carboxylic acids is 2. The Bertz CT molecular complexity index is 516. The van der Waals surface area contributed by atoms with Crippen LogP contribution < -0.4 is 10.5 Å². The van der Waals surface area contributed by atoms with Gasteiger partial charge in [-0.05, 0) is 18.2 Å². The zero-order valence-corrected chi connectivity index (χ0v) is 11.0. The first-order chi connectivity index (χ1) is 9.02. The Hall–Kier alpha value is -2.24. The molecule has 1 aliphatic heterocycles. The molecule has 2 N–H and O–H groups in total. The molecule has 1 aromatic rings. The number of rotatable bonds is 2. The SMILES string of the molecule is COc1ccc(N)cc1C(=O)N1CCN(C)C(=O)C1. The maximum absolute atomic E-state index is 12.4. The molecule has 1 aliphatic rings. The lowest BCUT2D eigenvalue weighted by molar-refractivity contribution is -0.133. The molecule has 0 unspecified atom stereocenters. The number of piperazine rings is 1. The van der Waals surface area contributed by atoms with Gasteiger partial charge in [-0.15, -0.1) is 0 Å². The maximum Gasteiger partial charge on any atom is 0.258 e. The standard InChI is InChI=1S/C13H17N3O3/c1-15-5-6-16(8-12(15)17)13(18)10-7-9(14)3-4-11(10)19-2/h3-4,7H,5-6,8,14H2,1-2H3. The van der Waals surface area contributed by atoms with Gasteiger partial charge in [0.1, 0.15) is 12.3 Å². The maximum atomic E-state index is 12.4.